The molecule has 2 aromatic rings. The van der Waals surface area contributed by atoms with Crippen molar-refractivity contribution in [3.63, 3.8) is 0 Å². The molecule has 9 heteroatoms. The van der Waals surface area contributed by atoms with Crippen molar-refractivity contribution in [1.82, 2.24) is 15.1 Å². The van der Waals surface area contributed by atoms with Crippen LogP contribution >= 0.6 is 11.3 Å². The Labute approximate surface area is 177 Å². The van der Waals surface area contributed by atoms with Crippen LogP contribution in [0.1, 0.15) is 42.3 Å². The molecule has 1 saturated carbocycles. The Bertz CT molecular complexity index is 1030. The number of hydrogen-bond acceptors (Lipinski definition) is 7. The summed E-state index contributed by atoms with van der Waals surface area (Å²) in [6.07, 6.45) is 5.62. The zero-order chi connectivity index (χ0) is 21.0. The number of hydrogen-bond donors (Lipinski definition) is 1. The van der Waals surface area contributed by atoms with Gasteiger partial charge in [0.1, 0.15) is 22.6 Å². The lowest BCUT2D eigenvalue weighted by atomic mass is 9.85. The monoisotopic (exact) mass is 426 g/mol. The number of rotatable bonds is 6. The van der Waals surface area contributed by atoms with Crippen molar-refractivity contribution >= 4 is 34.2 Å². The summed E-state index contributed by atoms with van der Waals surface area (Å²) in [6.45, 7) is 3.76. The number of nitrogens with zero attached hydrogens (tertiary/aromatic N) is 3. The molecular formula is C21H22N4O4S. The van der Waals surface area contributed by atoms with Crippen LogP contribution in [0.25, 0.3) is 0 Å². The summed E-state index contributed by atoms with van der Waals surface area (Å²) in [4.78, 5) is 40.6. The molecule has 156 valence electrons. The summed E-state index contributed by atoms with van der Waals surface area (Å²) >= 11 is 1.31. The summed E-state index contributed by atoms with van der Waals surface area (Å²) in [5.74, 6) is -0.0355. The zero-order valence-corrected chi connectivity index (χ0v) is 17.5. The van der Waals surface area contributed by atoms with Gasteiger partial charge in [0.25, 0.3) is 0 Å². The average molecular weight is 426 g/mol. The lowest BCUT2D eigenvalue weighted by Crippen LogP contribution is -2.38. The molecule has 1 saturated heterocycles. The van der Waals surface area contributed by atoms with Gasteiger partial charge in [0.15, 0.2) is 0 Å². The quantitative estimate of drug-likeness (QED) is 0.562. The molecule has 5 atom stereocenters. The SMILES string of the molecule is CCc1nnc(NC(=O)CC(c2ccc(C)o2)N2C(=O)C3C4C=CC(C4)C3C2=O)s1. The van der Waals surface area contributed by atoms with Gasteiger partial charge < -0.3 is 9.73 Å². The number of allylic oxidation sites excluding steroid dienone is 2. The first-order chi connectivity index (χ1) is 14.5. The molecule has 0 aromatic carbocycles. The fourth-order valence-corrected chi connectivity index (χ4v) is 5.67. The lowest BCUT2D eigenvalue weighted by molar-refractivity contribution is -0.144. The Morgan fingerprint density at radius 1 is 1.23 bits per heavy atom. The summed E-state index contributed by atoms with van der Waals surface area (Å²) in [5.41, 5.74) is 0. The topological polar surface area (TPSA) is 105 Å². The molecule has 3 heterocycles. The molecule has 1 N–H and O–H groups in total. The van der Waals surface area contributed by atoms with E-state index in [9.17, 15) is 14.4 Å². The molecular weight excluding hydrogens is 404 g/mol. The van der Waals surface area contributed by atoms with Crippen molar-refractivity contribution in [1.29, 1.82) is 0 Å². The second-order valence-corrected chi connectivity index (χ2v) is 9.18. The van der Waals surface area contributed by atoms with E-state index in [4.69, 9.17) is 4.42 Å². The Kier molecular flexibility index (Phi) is 4.57. The third-order valence-electron chi connectivity index (χ3n) is 6.30. The molecule has 2 fully saturated rings. The fraction of sp³-hybridized carbons (Fsp3) is 0.476. The van der Waals surface area contributed by atoms with Crippen LogP contribution in [0, 0.1) is 30.6 Å². The van der Waals surface area contributed by atoms with E-state index in [2.05, 4.69) is 27.7 Å². The summed E-state index contributed by atoms with van der Waals surface area (Å²) in [5, 5.41) is 11.9. The van der Waals surface area contributed by atoms with Crippen molar-refractivity contribution in [3.05, 3.63) is 40.8 Å². The van der Waals surface area contributed by atoms with E-state index in [0.29, 0.717) is 16.7 Å². The van der Waals surface area contributed by atoms with E-state index in [0.717, 1.165) is 17.8 Å². The van der Waals surface area contributed by atoms with Crippen molar-refractivity contribution in [2.45, 2.75) is 39.2 Å². The van der Waals surface area contributed by atoms with Crippen LogP contribution in [-0.2, 0) is 20.8 Å². The van der Waals surface area contributed by atoms with Crippen molar-refractivity contribution in [2.75, 3.05) is 5.32 Å². The molecule has 30 heavy (non-hydrogen) atoms. The van der Waals surface area contributed by atoms with Gasteiger partial charge in [-0.15, -0.1) is 10.2 Å². The van der Waals surface area contributed by atoms with E-state index in [1.54, 1.807) is 19.1 Å². The first-order valence-corrected chi connectivity index (χ1v) is 11.0. The number of aromatic nitrogens is 2. The maximum atomic E-state index is 13.3. The predicted molar refractivity (Wildman–Crippen MR) is 108 cm³/mol. The van der Waals surface area contributed by atoms with Gasteiger partial charge in [-0.3, -0.25) is 19.3 Å². The number of carbonyl (C=O) groups excluding carboxylic acids is 3. The summed E-state index contributed by atoms with van der Waals surface area (Å²) in [7, 11) is 0. The van der Waals surface area contributed by atoms with E-state index in [1.165, 1.54) is 16.2 Å². The van der Waals surface area contributed by atoms with Crippen LogP contribution < -0.4 is 5.32 Å². The van der Waals surface area contributed by atoms with E-state index in [-0.39, 0.29) is 47.8 Å². The van der Waals surface area contributed by atoms with E-state index in [1.807, 2.05) is 6.92 Å². The molecule has 3 aliphatic rings. The lowest BCUT2D eigenvalue weighted by Gasteiger charge is -2.26. The number of amides is 3. The molecule has 0 radical (unpaired) electrons. The molecule has 2 bridgehead atoms. The van der Waals surface area contributed by atoms with Gasteiger partial charge >= 0.3 is 0 Å². The highest BCUT2D eigenvalue weighted by Gasteiger charge is 2.60. The molecule has 1 aliphatic heterocycles. The van der Waals surface area contributed by atoms with Gasteiger partial charge in [0.05, 0.1) is 18.3 Å². The molecule has 5 unspecified atom stereocenters. The molecule has 2 aliphatic carbocycles. The molecule has 2 aromatic heterocycles. The highest BCUT2D eigenvalue weighted by molar-refractivity contribution is 7.15. The first kappa shape index (κ1) is 19.2. The van der Waals surface area contributed by atoms with Gasteiger partial charge in [0, 0.05) is 0 Å². The standard InChI is InChI=1S/C21H22N4O4S/c1-3-16-23-24-21(30-16)22-15(26)9-13(14-7-4-10(2)29-14)25-19(27)17-11-5-6-12(8-11)18(17)20(25)28/h4-7,11-13,17-18H,3,8-9H2,1-2H3,(H,22,24,26). The van der Waals surface area contributed by atoms with Crippen molar-refractivity contribution in [3.8, 4) is 0 Å². The van der Waals surface area contributed by atoms with Crippen molar-refractivity contribution in [2.24, 2.45) is 23.7 Å². The van der Waals surface area contributed by atoms with E-state index >= 15 is 0 Å². The minimum atomic E-state index is -0.776. The van der Waals surface area contributed by atoms with E-state index < -0.39 is 6.04 Å². The molecule has 5 rings (SSSR count). The van der Waals surface area contributed by atoms with Crippen LogP contribution in [0.15, 0.2) is 28.7 Å². The Balaban J connectivity index is 1.41. The van der Waals surface area contributed by atoms with Gasteiger partial charge in [-0.2, -0.15) is 0 Å². The molecule has 0 spiro atoms. The predicted octanol–water partition coefficient (Wildman–Crippen LogP) is 2.88. The number of furan rings is 1. The first-order valence-electron chi connectivity index (χ1n) is 10.2. The van der Waals surface area contributed by atoms with Crippen LogP contribution in [0.2, 0.25) is 0 Å². The normalized spacial score (nSPS) is 27.7. The second kappa shape index (κ2) is 7.16. The van der Waals surface area contributed by atoms with Crippen LogP contribution in [0.3, 0.4) is 0 Å². The number of carbonyl (C=O) groups is 3. The van der Waals surface area contributed by atoms with Gasteiger partial charge in [-0.1, -0.05) is 30.4 Å². The molecule has 3 amide bonds. The largest absolute Gasteiger partial charge is 0.464 e. The Morgan fingerprint density at radius 2 is 1.93 bits per heavy atom. The Morgan fingerprint density at radius 3 is 2.50 bits per heavy atom. The number of anilines is 1. The fourth-order valence-electron chi connectivity index (χ4n) is 4.98. The Hall–Kier alpha value is -2.81. The highest BCUT2D eigenvalue weighted by atomic mass is 32.1. The second-order valence-electron chi connectivity index (χ2n) is 8.12. The third kappa shape index (κ3) is 2.99. The summed E-state index contributed by atoms with van der Waals surface area (Å²) < 4.78 is 5.75. The number of likely N-dealkylation sites (tertiary alicyclic amines) is 1. The minimum Gasteiger partial charge on any atom is -0.464 e. The minimum absolute atomic E-state index is 0.0896. The molecule has 8 nitrogen and oxygen atoms in total. The third-order valence-corrected chi connectivity index (χ3v) is 7.28. The van der Waals surface area contributed by atoms with Crippen LogP contribution in [-0.4, -0.2) is 32.8 Å². The number of nitrogens with one attached hydrogen (secondary N) is 1. The van der Waals surface area contributed by atoms with Gasteiger partial charge in [-0.05, 0) is 43.7 Å². The van der Waals surface area contributed by atoms with Crippen molar-refractivity contribution < 1.29 is 18.8 Å². The van der Waals surface area contributed by atoms with Crippen LogP contribution in [0.5, 0.6) is 0 Å². The van der Waals surface area contributed by atoms with Gasteiger partial charge in [-0.25, -0.2) is 0 Å². The average Bonchev–Trinajstić information content (AvgIpc) is 3.51. The highest BCUT2D eigenvalue weighted by Crippen LogP contribution is 2.54. The zero-order valence-electron chi connectivity index (χ0n) is 16.7. The number of aryl methyl sites for hydroxylation is 2. The number of imide groups is 1. The van der Waals surface area contributed by atoms with Crippen LogP contribution in [0.4, 0.5) is 5.13 Å². The summed E-state index contributed by atoms with van der Waals surface area (Å²) in [6, 6.07) is 2.73. The smallest absolute Gasteiger partial charge is 0.234 e. The number of fused-ring (bicyclic) bond motifs is 5. The van der Waals surface area contributed by atoms with Gasteiger partial charge in [0.2, 0.25) is 22.9 Å². The maximum absolute atomic E-state index is 13.3. The maximum Gasteiger partial charge on any atom is 0.234 e.